The molecule has 11 heteroatoms. The van der Waals surface area contributed by atoms with E-state index in [2.05, 4.69) is 10.6 Å². The van der Waals surface area contributed by atoms with Gasteiger partial charge < -0.3 is 15.7 Å². The molecule has 0 saturated heterocycles. The number of rotatable bonds is 9. The van der Waals surface area contributed by atoms with Gasteiger partial charge in [-0.1, -0.05) is 19.1 Å². The van der Waals surface area contributed by atoms with Crippen molar-refractivity contribution in [2.75, 3.05) is 12.9 Å². The molecular formula is C26H28N4O5S2. The lowest BCUT2D eigenvalue weighted by atomic mass is 10.1. The van der Waals surface area contributed by atoms with Crippen LogP contribution in [0.15, 0.2) is 64.3 Å². The lowest BCUT2D eigenvalue weighted by molar-refractivity contribution is 0.0906. The summed E-state index contributed by atoms with van der Waals surface area (Å²) in [7, 11) is -3.32. The van der Waals surface area contributed by atoms with Crippen LogP contribution in [-0.2, 0) is 9.84 Å². The maximum atomic E-state index is 13.3. The van der Waals surface area contributed by atoms with Gasteiger partial charge in [0.25, 0.3) is 11.8 Å². The van der Waals surface area contributed by atoms with Crippen molar-refractivity contribution in [2.24, 2.45) is 0 Å². The minimum absolute atomic E-state index is 0.191. The van der Waals surface area contributed by atoms with Gasteiger partial charge in [-0.05, 0) is 54.6 Å². The first-order valence-electron chi connectivity index (χ1n) is 11.7. The molecule has 0 fully saturated rings. The number of thiophene rings is 1. The standard InChI is InChI=1S/C26H28N4O5S2/c1-4-19(14-31)28-26(33)23-22(18-11-13-36-15-18)29-24-21(6-5-12-30(23)24)25(32)27-16(2)17-7-9-20(10-8-17)37(3,34)35/h5-13,15-16,19,31H,4,14H2,1-3H3,(H,27,32)(H,28,33)/t16-,19+/m0/s1. The van der Waals surface area contributed by atoms with Crippen molar-refractivity contribution in [1.29, 1.82) is 0 Å². The molecule has 3 heterocycles. The molecule has 2 atom stereocenters. The molecular weight excluding hydrogens is 512 g/mol. The third kappa shape index (κ3) is 5.58. The second-order valence-corrected chi connectivity index (χ2v) is 11.5. The van der Waals surface area contributed by atoms with E-state index in [1.807, 2.05) is 23.8 Å². The number of aromatic nitrogens is 2. The number of nitrogens with one attached hydrogen (secondary N) is 2. The molecule has 194 valence electrons. The number of imidazole rings is 1. The number of carbonyl (C=O) groups is 2. The Bertz CT molecular complexity index is 1520. The lowest BCUT2D eigenvalue weighted by Gasteiger charge is -2.16. The first-order valence-corrected chi connectivity index (χ1v) is 14.5. The van der Waals surface area contributed by atoms with Gasteiger partial charge in [-0.2, -0.15) is 11.3 Å². The van der Waals surface area contributed by atoms with Crippen LogP contribution in [0.2, 0.25) is 0 Å². The number of amides is 2. The lowest BCUT2D eigenvalue weighted by Crippen LogP contribution is -2.37. The number of aliphatic hydroxyl groups is 1. The summed E-state index contributed by atoms with van der Waals surface area (Å²) >= 11 is 1.47. The van der Waals surface area contributed by atoms with Gasteiger partial charge in [0.1, 0.15) is 11.4 Å². The van der Waals surface area contributed by atoms with Crippen LogP contribution in [0, 0.1) is 0 Å². The van der Waals surface area contributed by atoms with Gasteiger partial charge in [0.15, 0.2) is 15.5 Å². The summed E-state index contributed by atoms with van der Waals surface area (Å²) in [6.45, 7) is 3.48. The molecule has 0 spiro atoms. The summed E-state index contributed by atoms with van der Waals surface area (Å²) in [6.07, 6.45) is 3.38. The number of hydrogen-bond acceptors (Lipinski definition) is 7. The summed E-state index contributed by atoms with van der Waals surface area (Å²) in [5.41, 5.74) is 2.82. The summed E-state index contributed by atoms with van der Waals surface area (Å²) in [6, 6.07) is 10.7. The summed E-state index contributed by atoms with van der Waals surface area (Å²) in [4.78, 5) is 31.5. The average Bonchev–Trinajstić information content (AvgIpc) is 3.54. The zero-order valence-electron chi connectivity index (χ0n) is 20.6. The van der Waals surface area contributed by atoms with Crippen LogP contribution in [0.5, 0.6) is 0 Å². The Hall–Kier alpha value is -3.54. The van der Waals surface area contributed by atoms with E-state index in [0.717, 1.165) is 17.4 Å². The molecule has 3 N–H and O–H groups in total. The van der Waals surface area contributed by atoms with Crippen LogP contribution in [0.3, 0.4) is 0 Å². The Balaban J connectivity index is 1.70. The van der Waals surface area contributed by atoms with Crippen molar-refractivity contribution >= 4 is 38.6 Å². The molecule has 9 nitrogen and oxygen atoms in total. The van der Waals surface area contributed by atoms with Crippen molar-refractivity contribution < 1.29 is 23.1 Å². The van der Waals surface area contributed by atoms with Gasteiger partial charge in [0, 0.05) is 23.4 Å². The fourth-order valence-corrected chi connectivity index (χ4v) is 5.23. The molecule has 0 unspecified atom stereocenters. The van der Waals surface area contributed by atoms with Gasteiger partial charge in [0.05, 0.1) is 29.1 Å². The smallest absolute Gasteiger partial charge is 0.270 e. The molecule has 2 amide bonds. The molecule has 37 heavy (non-hydrogen) atoms. The van der Waals surface area contributed by atoms with Gasteiger partial charge in [-0.3, -0.25) is 14.0 Å². The van der Waals surface area contributed by atoms with Crippen LogP contribution in [0.1, 0.15) is 52.7 Å². The quantitative estimate of drug-likeness (QED) is 0.298. The SMILES string of the molecule is CC[C@H](CO)NC(=O)c1c(-c2ccsc2)nc2c(C(=O)N[C@@H](C)c3ccc(S(C)(=O)=O)cc3)cccn12. The van der Waals surface area contributed by atoms with Crippen LogP contribution < -0.4 is 10.6 Å². The molecule has 0 radical (unpaired) electrons. The Morgan fingerprint density at radius 1 is 1.11 bits per heavy atom. The number of aliphatic hydroxyl groups excluding tert-OH is 1. The normalized spacial score (nSPS) is 13.3. The fourth-order valence-electron chi connectivity index (χ4n) is 3.95. The molecule has 4 rings (SSSR count). The van der Waals surface area contributed by atoms with E-state index in [1.165, 1.54) is 23.5 Å². The van der Waals surface area contributed by atoms with Crippen LogP contribution in [0.4, 0.5) is 0 Å². The van der Waals surface area contributed by atoms with Gasteiger partial charge in [0.2, 0.25) is 0 Å². The summed E-state index contributed by atoms with van der Waals surface area (Å²) in [5, 5.41) is 19.1. The zero-order valence-corrected chi connectivity index (χ0v) is 22.3. The summed E-state index contributed by atoms with van der Waals surface area (Å²) < 4.78 is 25.1. The Morgan fingerprint density at radius 3 is 2.43 bits per heavy atom. The largest absolute Gasteiger partial charge is 0.394 e. The molecule has 0 bridgehead atoms. The van der Waals surface area contributed by atoms with E-state index in [0.29, 0.717) is 17.8 Å². The predicted molar refractivity (Wildman–Crippen MR) is 143 cm³/mol. The molecule has 0 aliphatic rings. The first kappa shape index (κ1) is 26.5. The van der Waals surface area contributed by atoms with Crippen molar-refractivity contribution in [3.8, 4) is 11.3 Å². The van der Waals surface area contributed by atoms with Gasteiger partial charge >= 0.3 is 0 Å². The Morgan fingerprint density at radius 2 is 1.84 bits per heavy atom. The van der Waals surface area contributed by atoms with Crippen LogP contribution >= 0.6 is 11.3 Å². The van der Waals surface area contributed by atoms with Crippen LogP contribution in [-0.4, -0.2) is 53.6 Å². The van der Waals surface area contributed by atoms with Crippen molar-refractivity contribution in [2.45, 2.75) is 37.2 Å². The average molecular weight is 541 g/mol. The predicted octanol–water partition coefficient (Wildman–Crippen LogP) is 3.46. The minimum atomic E-state index is -3.32. The van der Waals surface area contributed by atoms with Crippen molar-refractivity contribution in [3.63, 3.8) is 0 Å². The highest BCUT2D eigenvalue weighted by molar-refractivity contribution is 7.90. The van der Waals surface area contributed by atoms with E-state index in [-0.39, 0.29) is 28.7 Å². The topological polar surface area (TPSA) is 130 Å². The molecule has 0 aliphatic heterocycles. The van der Waals surface area contributed by atoms with Crippen LogP contribution in [0.25, 0.3) is 16.9 Å². The number of carbonyl (C=O) groups excluding carboxylic acids is 2. The number of fused-ring (bicyclic) bond motifs is 1. The van der Waals surface area contributed by atoms with E-state index < -0.39 is 27.8 Å². The highest BCUT2D eigenvalue weighted by Crippen LogP contribution is 2.28. The number of sulfone groups is 1. The Kier molecular flexibility index (Phi) is 7.76. The van der Waals surface area contributed by atoms with Crippen molar-refractivity contribution in [1.82, 2.24) is 20.0 Å². The molecule has 0 saturated carbocycles. The van der Waals surface area contributed by atoms with Crippen molar-refractivity contribution in [3.05, 3.63) is 76.2 Å². The zero-order chi connectivity index (χ0) is 26.7. The Labute approximate surface area is 219 Å². The molecule has 0 aliphatic carbocycles. The highest BCUT2D eigenvalue weighted by Gasteiger charge is 2.25. The molecule has 4 aromatic rings. The fraction of sp³-hybridized carbons (Fsp3) is 0.269. The third-order valence-corrected chi connectivity index (χ3v) is 7.92. The number of pyridine rings is 1. The monoisotopic (exact) mass is 540 g/mol. The molecule has 1 aromatic carbocycles. The second-order valence-electron chi connectivity index (χ2n) is 8.73. The second kappa shape index (κ2) is 10.8. The minimum Gasteiger partial charge on any atom is -0.394 e. The molecule has 3 aromatic heterocycles. The van der Waals surface area contributed by atoms with E-state index in [9.17, 15) is 23.1 Å². The van der Waals surface area contributed by atoms with E-state index in [1.54, 1.807) is 41.8 Å². The number of nitrogens with zero attached hydrogens (tertiary/aromatic N) is 2. The van der Waals surface area contributed by atoms with E-state index in [4.69, 9.17) is 4.98 Å². The number of hydrogen-bond donors (Lipinski definition) is 3. The third-order valence-electron chi connectivity index (χ3n) is 6.11. The van der Waals surface area contributed by atoms with E-state index >= 15 is 0 Å². The maximum absolute atomic E-state index is 13.3. The summed E-state index contributed by atoms with van der Waals surface area (Å²) in [5.74, 6) is -0.785. The maximum Gasteiger partial charge on any atom is 0.270 e. The first-order chi connectivity index (χ1) is 17.6. The van der Waals surface area contributed by atoms with Gasteiger partial charge in [-0.15, -0.1) is 0 Å². The number of benzene rings is 1. The highest BCUT2D eigenvalue weighted by atomic mass is 32.2. The van der Waals surface area contributed by atoms with Gasteiger partial charge in [-0.25, -0.2) is 13.4 Å².